The van der Waals surface area contributed by atoms with E-state index in [1.54, 1.807) is 42.2 Å². The second-order valence-corrected chi connectivity index (χ2v) is 9.77. The summed E-state index contributed by atoms with van der Waals surface area (Å²) in [5.74, 6) is -5.38. The zero-order valence-electron chi connectivity index (χ0n) is 23.0. The number of benzene rings is 3. The van der Waals surface area contributed by atoms with Crippen LogP contribution in [-0.2, 0) is 7.05 Å². The van der Waals surface area contributed by atoms with E-state index < -0.39 is 34.9 Å². The van der Waals surface area contributed by atoms with Gasteiger partial charge in [-0.05, 0) is 59.0 Å². The number of nitrogen functional groups attached to an aromatic ring is 1. The number of aromatic amines is 1. The Kier molecular flexibility index (Phi) is 7.66. The number of nitrogens with two attached hydrogens (primary N) is 1. The smallest absolute Gasteiger partial charge is 0.263 e. The van der Waals surface area contributed by atoms with E-state index in [0.29, 0.717) is 22.8 Å². The van der Waals surface area contributed by atoms with E-state index in [4.69, 9.17) is 37.0 Å². The Bertz CT molecular complexity index is 2050. The Morgan fingerprint density at radius 2 is 1.78 bits per heavy atom. The van der Waals surface area contributed by atoms with Gasteiger partial charge in [-0.3, -0.25) is 5.41 Å². The summed E-state index contributed by atoms with van der Waals surface area (Å²) in [6, 6.07) is 14.6. The van der Waals surface area contributed by atoms with Crippen LogP contribution in [0.3, 0.4) is 0 Å². The number of halogens is 3. The molecule has 0 fully saturated rings. The van der Waals surface area contributed by atoms with Crippen LogP contribution in [0.25, 0.3) is 22.8 Å². The maximum absolute atomic E-state index is 16.0. The molecule has 0 atom stereocenters. The van der Waals surface area contributed by atoms with Gasteiger partial charge in [0, 0.05) is 36.1 Å². The molecule has 0 unspecified atom stereocenters. The molecule has 13 nitrogen and oxygen atoms in total. The Balaban J connectivity index is 1.42. The number of tetrazole rings is 1. The topological polar surface area (TPSA) is 183 Å². The highest BCUT2D eigenvalue weighted by molar-refractivity contribution is 6.32. The van der Waals surface area contributed by atoms with Crippen LogP contribution in [0.5, 0.6) is 40.5 Å². The molecule has 6 rings (SSSR count). The lowest BCUT2D eigenvalue weighted by Gasteiger charge is -2.16. The van der Waals surface area contributed by atoms with Crippen molar-refractivity contribution in [1.82, 2.24) is 35.2 Å². The third kappa shape index (κ3) is 5.92. The highest BCUT2D eigenvalue weighted by Gasteiger charge is 2.27. The molecule has 0 aliphatic rings. The van der Waals surface area contributed by atoms with Crippen molar-refractivity contribution in [3.05, 3.63) is 95.3 Å². The summed E-state index contributed by atoms with van der Waals surface area (Å²) in [6.45, 7) is 0. The van der Waals surface area contributed by atoms with E-state index in [1.807, 2.05) is 0 Å². The number of phenols is 1. The predicted molar refractivity (Wildman–Crippen MR) is 157 cm³/mol. The number of pyridine rings is 1. The van der Waals surface area contributed by atoms with Crippen LogP contribution in [0.2, 0.25) is 5.02 Å². The zero-order chi connectivity index (χ0) is 31.7. The first-order chi connectivity index (χ1) is 21.7. The maximum atomic E-state index is 16.0. The molecular weight excluding hydrogens is 612 g/mol. The highest BCUT2D eigenvalue weighted by atomic mass is 35.5. The maximum Gasteiger partial charge on any atom is 0.263 e. The number of ether oxygens (including phenoxy) is 3. The molecule has 0 saturated carbocycles. The zero-order valence-corrected chi connectivity index (χ0v) is 23.8. The van der Waals surface area contributed by atoms with Crippen molar-refractivity contribution in [2.45, 2.75) is 0 Å². The van der Waals surface area contributed by atoms with Gasteiger partial charge < -0.3 is 29.6 Å². The minimum absolute atomic E-state index is 0.0287. The Hall–Kier alpha value is -6.09. The van der Waals surface area contributed by atoms with Crippen LogP contribution in [0.4, 0.5) is 8.78 Å². The summed E-state index contributed by atoms with van der Waals surface area (Å²) in [4.78, 5) is 8.21. The van der Waals surface area contributed by atoms with Crippen LogP contribution in [-0.4, -0.2) is 46.1 Å². The fourth-order valence-electron chi connectivity index (χ4n) is 4.15. The van der Waals surface area contributed by atoms with Crippen molar-refractivity contribution in [3.63, 3.8) is 0 Å². The number of aromatic nitrogens is 7. The van der Waals surface area contributed by atoms with Crippen molar-refractivity contribution >= 4 is 17.4 Å². The summed E-state index contributed by atoms with van der Waals surface area (Å²) in [6.07, 6.45) is 3.38. The third-order valence-electron chi connectivity index (χ3n) is 6.35. The number of phenolic OH excluding ortho intramolecular Hbond substituents is 1. The molecule has 226 valence electrons. The number of hydrogen-bond donors (Lipinski definition) is 4. The summed E-state index contributed by atoms with van der Waals surface area (Å²) < 4.78 is 50.6. The molecule has 0 aliphatic heterocycles. The standard InChI is InChI=1S/C29H20ClF2N9O4/c1-41-10-9-35-27(41)16-3-2-4-17(11-16)43-28-22(31)24(44-20-8-6-15(12-18(20)30)26-37-39-40-38-26)23(32)29(36-28)45-21-13-14(25(33)34)5-7-19(21)42/h2-13,42H,1H3,(H3,33,34)(H,37,38,39,40). The van der Waals surface area contributed by atoms with Crippen molar-refractivity contribution in [2.75, 3.05) is 0 Å². The van der Waals surface area contributed by atoms with Gasteiger partial charge >= 0.3 is 0 Å². The van der Waals surface area contributed by atoms with Gasteiger partial charge in [0.25, 0.3) is 11.8 Å². The summed E-state index contributed by atoms with van der Waals surface area (Å²) >= 11 is 6.38. The first kappa shape index (κ1) is 29.0. The molecular formula is C29H20ClF2N9O4. The first-order valence-corrected chi connectivity index (χ1v) is 13.3. The van der Waals surface area contributed by atoms with Crippen LogP contribution < -0.4 is 19.9 Å². The molecule has 0 saturated heterocycles. The summed E-state index contributed by atoms with van der Waals surface area (Å²) in [5.41, 5.74) is 6.84. The molecule has 0 spiro atoms. The summed E-state index contributed by atoms with van der Waals surface area (Å²) in [5, 5.41) is 31.4. The molecule has 0 aliphatic carbocycles. The molecule has 3 aromatic heterocycles. The lowest BCUT2D eigenvalue weighted by molar-refractivity contribution is 0.331. The molecule has 0 amide bonds. The van der Waals surface area contributed by atoms with Gasteiger partial charge in [-0.15, -0.1) is 5.10 Å². The Morgan fingerprint density at radius 1 is 0.978 bits per heavy atom. The molecule has 5 N–H and O–H groups in total. The minimum atomic E-state index is -1.38. The van der Waals surface area contributed by atoms with Crippen molar-refractivity contribution in [3.8, 4) is 63.3 Å². The number of aryl methyl sites for hydroxylation is 1. The lowest BCUT2D eigenvalue weighted by Crippen LogP contribution is -2.11. The molecule has 6 aromatic rings. The van der Waals surface area contributed by atoms with Gasteiger partial charge in [0.15, 0.2) is 17.3 Å². The fraction of sp³-hybridized carbons (Fsp3) is 0.0345. The van der Waals surface area contributed by atoms with E-state index in [9.17, 15) is 5.11 Å². The van der Waals surface area contributed by atoms with Gasteiger partial charge in [-0.25, -0.2) is 10.1 Å². The normalized spacial score (nSPS) is 10.9. The average molecular weight is 632 g/mol. The number of imidazole rings is 1. The quantitative estimate of drug-likeness (QED) is 0.110. The number of nitrogens with one attached hydrogen (secondary N) is 2. The van der Waals surface area contributed by atoms with Crippen LogP contribution in [0.1, 0.15) is 5.56 Å². The van der Waals surface area contributed by atoms with Crippen molar-refractivity contribution < 1.29 is 28.1 Å². The second-order valence-electron chi connectivity index (χ2n) is 9.37. The lowest BCUT2D eigenvalue weighted by atomic mass is 10.2. The van der Waals surface area contributed by atoms with Crippen LogP contribution in [0.15, 0.2) is 73.1 Å². The molecule has 3 aromatic carbocycles. The van der Waals surface area contributed by atoms with Gasteiger partial charge in [-0.1, -0.05) is 23.7 Å². The third-order valence-corrected chi connectivity index (χ3v) is 6.64. The van der Waals surface area contributed by atoms with Crippen LogP contribution in [0, 0.1) is 17.0 Å². The molecule has 0 radical (unpaired) electrons. The summed E-state index contributed by atoms with van der Waals surface area (Å²) in [7, 11) is 1.81. The number of rotatable bonds is 9. The van der Waals surface area contributed by atoms with Crippen LogP contribution >= 0.6 is 11.6 Å². The highest BCUT2D eigenvalue weighted by Crippen LogP contribution is 2.43. The molecule has 16 heteroatoms. The largest absolute Gasteiger partial charge is 0.504 e. The van der Waals surface area contributed by atoms with E-state index in [-0.39, 0.29) is 33.7 Å². The van der Waals surface area contributed by atoms with E-state index >= 15 is 8.78 Å². The molecule has 45 heavy (non-hydrogen) atoms. The number of aromatic hydroxyl groups is 1. The number of amidine groups is 1. The number of nitrogens with zero attached hydrogens (tertiary/aromatic N) is 6. The minimum Gasteiger partial charge on any atom is -0.504 e. The van der Waals surface area contributed by atoms with Gasteiger partial charge in [0.05, 0.1) is 5.02 Å². The van der Waals surface area contributed by atoms with E-state index in [0.717, 1.165) is 0 Å². The Labute approximate surface area is 257 Å². The van der Waals surface area contributed by atoms with Crippen molar-refractivity contribution in [1.29, 1.82) is 5.41 Å². The SMILES string of the molecule is Cn1ccnc1-c1cccc(Oc2nc(Oc3cc(C(=N)N)ccc3O)c(F)c(Oc3ccc(-c4nnn[nH]4)cc3Cl)c2F)c1. The van der Waals surface area contributed by atoms with Crippen molar-refractivity contribution in [2.24, 2.45) is 12.8 Å². The predicted octanol–water partition coefficient (Wildman–Crippen LogP) is 5.96. The number of hydrogen-bond acceptors (Lipinski definition) is 10. The fourth-order valence-corrected chi connectivity index (χ4v) is 4.37. The monoisotopic (exact) mass is 631 g/mol. The number of H-pyrrole nitrogens is 1. The molecule has 3 heterocycles. The Morgan fingerprint density at radius 3 is 2.47 bits per heavy atom. The van der Waals surface area contributed by atoms with Gasteiger partial charge in [0.2, 0.25) is 17.4 Å². The van der Waals surface area contributed by atoms with E-state index in [1.165, 1.54) is 42.5 Å². The first-order valence-electron chi connectivity index (χ1n) is 12.9. The van der Waals surface area contributed by atoms with Gasteiger partial charge in [0.1, 0.15) is 23.2 Å². The van der Waals surface area contributed by atoms with Gasteiger partial charge in [-0.2, -0.15) is 13.8 Å². The second kappa shape index (κ2) is 11.9. The average Bonchev–Trinajstić information content (AvgIpc) is 3.72. The van der Waals surface area contributed by atoms with E-state index in [2.05, 4.69) is 30.6 Å². The molecule has 0 bridgehead atoms.